The number of nitrogens with two attached hydrogens (primary N) is 1. The molecule has 6 nitrogen and oxygen atoms in total. The molecular weight excluding hydrogens is 414 g/mol. The Morgan fingerprint density at radius 3 is 2.45 bits per heavy atom. The predicted octanol–water partition coefficient (Wildman–Crippen LogP) is 5.06. The van der Waals surface area contributed by atoms with Crippen LogP contribution in [0.5, 0.6) is 5.75 Å². The van der Waals surface area contributed by atoms with Crippen molar-refractivity contribution in [3.8, 4) is 5.75 Å². The van der Waals surface area contributed by atoms with Crippen molar-refractivity contribution in [1.29, 1.82) is 0 Å². The van der Waals surface area contributed by atoms with Gasteiger partial charge in [0.25, 0.3) is 5.91 Å². The minimum absolute atomic E-state index is 0.106. The summed E-state index contributed by atoms with van der Waals surface area (Å²) < 4.78 is 7.07. The second-order valence-corrected chi connectivity index (χ2v) is 7.22. The first-order chi connectivity index (χ1) is 15.0. The van der Waals surface area contributed by atoms with E-state index < -0.39 is 5.91 Å². The number of nitrogen functional groups attached to an aromatic ring is 1. The molecule has 0 fully saturated rings. The SMILES string of the molecule is CCOc1ccc(C(=O)c2c(N)c(C(=O)Nc3ccccc3Cl)c3ccccn23)cc1. The smallest absolute Gasteiger partial charge is 0.260 e. The van der Waals surface area contributed by atoms with Gasteiger partial charge in [0.2, 0.25) is 5.78 Å². The lowest BCUT2D eigenvalue weighted by atomic mass is 10.1. The molecule has 2 heterocycles. The van der Waals surface area contributed by atoms with Gasteiger partial charge in [0.1, 0.15) is 11.4 Å². The number of benzene rings is 2. The minimum Gasteiger partial charge on any atom is -0.494 e. The number of amides is 1. The number of pyridine rings is 1. The monoisotopic (exact) mass is 433 g/mol. The van der Waals surface area contributed by atoms with Crippen molar-refractivity contribution < 1.29 is 14.3 Å². The Morgan fingerprint density at radius 1 is 1.03 bits per heavy atom. The van der Waals surface area contributed by atoms with E-state index in [1.807, 2.05) is 6.92 Å². The van der Waals surface area contributed by atoms with Gasteiger partial charge in [-0.05, 0) is 55.5 Å². The molecule has 0 aliphatic heterocycles. The van der Waals surface area contributed by atoms with Crippen molar-refractivity contribution in [1.82, 2.24) is 4.40 Å². The van der Waals surface area contributed by atoms with Crippen molar-refractivity contribution in [3.63, 3.8) is 0 Å². The number of hydrogen-bond acceptors (Lipinski definition) is 4. The molecule has 0 saturated carbocycles. The summed E-state index contributed by atoms with van der Waals surface area (Å²) in [6, 6.07) is 19.0. The summed E-state index contributed by atoms with van der Waals surface area (Å²) >= 11 is 6.17. The van der Waals surface area contributed by atoms with Gasteiger partial charge in [0.15, 0.2) is 0 Å². The number of nitrogens with one attached hydrogen (secondary N) is 1. The van der Waals surface area contributed by atoms with E-state index in [-0.39, 0.29) is 22.7 Å². The van der Waals surface area contributed by atoms with Gasteiger partial charge in [-0.2, -0.15) is 0 Å². The van der Waals surface area contributed by atoms with E-state index in [0.29, 0.717) is 34.1 Å². The topological polar surface area (TPSA) is 85.8 Å². The van der Waals surface area contributed by atoms with Crippen LogP contribution in [0.3, 0.4) is 0 Å². The molecule has 4 aromatic rings. The number of rotatable bonds is 6. The van der Waals surface area contributed by atoms with Crippen LogP contribution in [0.1, 0.15) is 33.3 Å². The van der Waals surface area contributed by atoms with E-state index in [0.717, 1.165) is 0 Å². The summed E-state index contributed by atoms with van der Waals surface area (Å²) in [6.45, 7) is 2.43. The van der Waals surface area contributed by atoms with Gasteiger partial charge in [0.05, 0.1) is 34.1 Å². The highest BCUT2D eigenvalue weighted by Crippen LogP contribution is 2.30. The number of halogens is 1. The van der Waals surface area contributed by atoms with Gasteiger partial charge >= 0.3 is 0 Å². The molecule has 156 valence electrons. The molecule has 1 amide bonds. The van der Waals surface area contributed by atoms with Crippen LogP contribution in [0.15, 0.2) is 72.9 Å². The number of nitrogens with zero attached hydrogens (tertiary/aromatic N) is 1. The highest BCUT2D eigenvalue weighted by atomic mass is 35.5. The first-order valence-corrected chi connectivity index (χ1v) is 10.1. The highest BCUT2D eigenvalue weighted by molar-refractivity contribution is 6.34. The zero-order chi connectivity index (χ0) is 22.0. The first kappa shape index (κ1) is 20.5. The summed E-state index contributed by atoms with van der Waals surface area (Å²) in [4.78, 5) is 26.4. The fourth-order valence-electron chi connectivity index (χ4n) is 3.45. The number of carbonyl (C=O) groups is 2. The average Bonchev–Trinajstić information content (AvgIpc) is 3.07. The number of carbonyl (C=O) groups excluding carboxylic acids is 2. The maximum Gasteiger partial charge on any atom is 0.260 e. The van der Waals surface area contributed by atoms with Gasteiger partial charge in [-0.15, -0.1) is 0 Å². The van der Waals surface area contributed by atoms with Gasteiger partial charge in [-0.3, -0.25) is 9.59 Å². The normalized spacial score (nSPS) is 10.8. The van der Waals surface area contributed by atoms with Gasteiger partial charge < -0.3 is 20.2 Å². The molecule has 0 aliphatic carbocycles. The maximum atomic E-state index is 13.3. The minimum atomic E-state index is -0.444. The molecule has 3 N–H and O–H groups in total. The lowest BCUT2D eigenvalue weighted by Gasteiger charge is -2.07. The zero-order valence-electron chi connectivity index (χ0n) is 16.8. The highest BCUT2D eigenvalue weighted by Gasteiger charge is 2.26. The van der Waals surface area contributed by atoms with Gasteiger partial charge in [-0.1, -0.05) is 29.8 Å². The lowest BCUT2D eigenvalue weighted by molar-refractivity contribution is 0.102. The number of hydrogen-bond donors (Lipinski definition) is 2. The molecule has 31 heavy (non-hydrogen) atoms. The molecule has 7 heteroatoms. The molecular formula is C24H20ClN3O3. The largest absolute Gasteiger partial charge is 0.494 e. The molecule has 0 unspecified atom stereocenters. The van der Waals surface area contributed by atoms with Crippen molar-refractivity contribution in [2.45, 2.75) is 6.92 Å². The van der Waals surface area contributed by atoms with E-state index in [9.17, 15) is 9.59 Å². The predicted molar refractivity (Wildman–Crippen MR) is 122 cm³/mol. The zero-order valence-corrected chi connectivity index (χ0v) is 17.5. The Bertz CT molecular complexity index is 1280. The molecule has 0 spiro atoms. The Morgan fingerprint density at radius 2 is 1.74 bits per heavy atom. The second kappa shape index (κ2) is 8.53. The van der Waals surface area contributed by atoms with Crippen LogP contribution in [0.4, 0.5) is 11.4 Å². The lowest BCUT2D eigenvalue weighted by Crippen LogP contribution is -2.14. The third kappa shape index (κ3) is 3.85. The number of ether oxygens (including phenoxy) is 1. The van der Waals surface area contributed by atoms with Crippen molar-refractivity contribution in [2.75, 3.05) is 17.7 Å². The van der Waals surface area contributed by atoms with Crippen molar-refractivity contribution >= 4 is 40.2 Å². The molecule has 0 saturated heterocycles. The van der Waals surface area contributed by atoms with Crippen LogP contribution in [0, 0.1) is 0 Å². The second-order valence-electron chi connectivity index (χ2n) is 6.81. The Kier molecular flexibility index (Phi) is 5.64. The fourth-order valence-corrected chi connectivity index (χ4v) is 3.63. The Hall–Kier alpha value is -3.77. The number of anilines is 2. The van der Waals surface area contributed by atoms with Crippen LogP contribution in [0.25, 0.3) is 5.52 Å². The summed E-state index contributed by atoms with van der Waals surface area (Å²) in [5.74, 6) is -0.0644. The standard InChI is InChI=1S/C24H20ClN3O3/c1-2-31-16-12-10-15(11-13-16)23(29)22-21(26)20(19-9-5-6-14-28(19)22)24(30)27-18-8-4-3-7-17(18)25/h3-14H,2,26H2,1H3,(H,27,30). The number of aromatic nitrogens is 1. The average molecular weight is 434 g/mol. The van der Waals surface area contributed by atoms with Crippen LogP contribution in [-0.4, -0.2) is 22.7 Å². The van der Waals surface area contributed by atoms with Crippen molar-refractivity contribution in [3.05, 3.63) is 94.8 Å². The van der Waals surface area contributed by atoms with Crippen LogP contribution in [0.2, 0.25) is 5.02 Å². The molecule has 2 aromatic carbocycles. The fraction of sp³-hybridized carbons (Fsp3) is 0.0833. The molecule has 0 atom stereocenters. The van der Waals surface area contributed by atoms with E-state index >= 15 is 0 Å². The molecule has 4 rings (SSSR count). The quantitative estimate of drug-likeness (QED) is 0.416. The summed E-state index contributed by atoms with van der Waals surface area (Å²) in [6.07, 6.45) is 1.71. The van der Waals surface area contributed by atoms with E-state index in [1.165, 1.54) is 0 Å². The van der Waals surface area contributed by atoms with E-state index in [1.54, 1.807) is 77.3 Å². The summed E-state index contributed by atoms with van der Waals surface area (Å²) in [5, 5.41) is 3.19. The number of fused-ring (bicyclic) bond motifs is 1. The maximum absolute atomic E-state index is 13.3. The van der Waals surface area contributed by atoms with E-state index in [4.69, 9.17) is 22.1 Å². The first-order valence-electron chi connectivity index (χ1n) is 9.73. The summed E-state index contributed by atoms with van der Waals surface area (Å²) in [7, 11) is 0. The third-order valence-corrected chi connectivity index (χ3v) is 5.20. The molecule has 0 aliphatic rings. The summed E-state index contributed by atoms with van der Waals surface area (Å²) in [5.41, 5.74) is 8.34. The third-order valence-electron chi connectivity index (χ3n) is 4.87. The molecule has 0 bridgehead atoms. The Balaban J connectivity index is 1.77. The van der Waals surface area contributed by atoms with Crippen molar-refractivity contribution in [2.24, 2.45) is 0 Å². The van der Waals surface area contributed by atoms with Gasteiger partial charge in [-0.25, -0.2) is 0 Å². The Labute approximate surface area is 184 Å². The number of para-hydroxylation sites is 1. The number of ketones is 1. The van der Waals surface area contributed by atoms with Crippen LogP contribution >= 0.6 is 11.6 Å². The van der Waals surface area contributed by atoms with Gasteiger partial charge in [0, 0.05) is 11.8 Å². The van der Waals surface area contributed by atoms with E-state index in [2.05, 4.69) is 5.32 Å². The molecule has 0 radical (unpaired) electrons. The molecule has 2 aromatic heterocycles. The van der Waals surface area contributed by atoms with Crippen LogP contribution < -0.4 is 15.8 Å². The van der Waals surface area contributed by atoms with Crippen LogP contribution in [-0.2, 0) is 0 Å².